The van der Waals surface area contributed by atoms with Crippen molar-refractivity contribution in [2.24, 2.45) is 11.8 Å². The molecular weight excluding hydrogens is 198 g/mol. The van der Waals surface area contributed by atoms with Gasteiger partial charge in [-0.1, -0.05) is 27.7 Å². The summed E-state index contributed by atoms with van der Waals surface area (Å²) in [5.74, 6) is 1.73. The second kappa shape index (κ2) is 6.02. The third-order valence-electron chi connectivity index (χ3n) is 4.15. The van der Waals surface area contributed by atoms with E-state index in [9.17, 15) is 0 Å². The van der Waals surface area contributed by atoms with Crippen LogP contribution in [0.2, 0.25) is 0 Å². The van der Waals surface area contributed by atoms with Crippen LogP contribution < -0.4 is 5.32 Å². The normalized spacial score (nSPS) is 31.3. The van der Waals surface area contributed by atoms with Crippen LogP contribution in [0.5, 0.6) is 0 Å². The van der Waals surface area contributed by atoms with Gasteiger partial charge in [0, 0.05) is 19.7 Å². The zero-order valence-electron chi connectivity index (χ0n) is 11.7. The predicted octanol–water partition coefficient (Wildman–Crippen LogP) is 3.22. The Morgan fingerprint density at radius 1 is 1.19 bits per heavy atom. The molecule has 0 aromatic carbocycles. The highest BCUT2D eigenvalue weighted by atomic mass is 16.5. The Labute approximate surface area is 101 Å². The molecule has 0 aromatic rings. The van der Waals surface area contributed by atoms with Gasteiger partial charge in [0.2, 0.25) is 0 Å². The van der Waals surface area contributed by atoms with Crippen molar-refractivity contribution in [3.63, 3.8) is 0 Å². The molecule has 1 fully saturated rings. The summed E-state index contributed by atoms with van der Waals surface area (Å²) >= 11 is 0. The van der Waals surface area contributed by atoms with Crippen LogP contribution in [0.3, 0.4) is 0 Å². The molecular formula is C14H29NO. The van der Waals surface area contributed by atoms with Gasteiger partial charge in [-0.2, -0.15) is 0 Å². The van der Waals surface area contributed by atoms with E-state index >= 15 is 0 Å². The lowest BCUT2D eigenvalue weighted by Crippen LogP contribution is -2.47. The molecule has 0 aromatic heterocycles. The van der Waals surface area contributed by atoms with Gasteiger partial charge in [0.15, 0.2) is 0 Å². The van der Waals surface area contributed by atoms with E-state index in [1.165, 1.54) is 25.7 Å². The number of nitrogens with one attached hydrogen (secondary N) is 1. The lowest BCUT2D eigenvalue weighted by atomic mass is 9.74. The van der Waals surface area contributed by atoms with Crippen LogP contribution in [-0.2, 0) is 4.74 Å². The maximum absolute atomic E-state index is 5.79. The first-order valence-corrected chi connectivity index (χ1v) is 6.77. The molecule has 2 nitrogen and oxygen atoms in total. The minimum absolute atomic E-state index is 0.107. The maximum Gasteiger partial charge on any atom is 0.0802 e. The van der Waals surface area contributed by atoms with Crippen molar-refractivity contribution in [3.8, 4) is 0 Å². The van der Waals surface area contributed by atoms with E-state index in [4.69, 9.17) is 4.74 Å². The largest absolute Gasteiger partial charge is 0.377 e. The first-order chi connectivity index (χ1) is 7.49. The lowest BCUT2D eigenvalue weighted by Gasteiger charge is -2.41. The number of ether oxygens (including phenoxy) is 1. The minimum Gasteiger partial charge on any atom is -0.377 e. The van der Waals surface area contributed by atoms with Gasteiger partial charge >= 0.3 is 0 Å². The van der Waals surface area contributed by atoms with Gasteiger partial charge in [-0.15, -0.1) is 0 Å². The monoisotopic (exact) mass is 227 g/mol. The van der Waals surface area contributed by atoms with Crippen LogP contribution in [0.15, 0.2) is 0 Å². The fourth-order valence-electron chi connectivity index (χ4n) is 2.68. The summed E-state index contributed by atoms with van der Waals surface area (Å²) in [6.07, 6.45) is 5.08. The van der Waals surface area contributed by atoms with E-state index in [1.54, 1.807) is 0 Å². The summed E-state index contributed by atoms with van der Waals surface area (Å²) in [7, 11) is 1.87. The van der Waals surface area contributed by atoms with Gasteiger partial charge in [0.05, 0.1) is 5.60 Å². The predicted molar refractivity (Wildman–Crippen MR) is 69.7 cm³/mol. The number of methoxy groups -OCH3 is 1. The molecule has 0 aliphatic heterocycles. The molecule has 0 unspecified atom stereocenters. The average Bonchev–Trinajstić information content (AvgIpc) is 2.27. The topological polar surface area (TPSA) is 21.3 Å². The van der Waals surface area contributed by atoms with Gasteiger partial charge in [-0.3, -0.25) is 0 Å². The summed E-state index contributed by atoms with van der Waals surface area (Å²) in [5.41, 5.74) is 0.107. The molecule has 0 amide bonds. The number of hydrogen-bond donors (Lipinski definition) is 1. The molecule has 0 bridgehead atoms. The van der Waals surface area contributed by atoms with Crippen molar-refractivity contribution in [2.45, 2.75) is 65.0 Å². The number of rotatable bonds is 5. The van der Waals surface area contributed by atoms with Crippen molar-refractivity contribution in [1.82, 2.24) is 5.32 Å². The van der Waals surface area contributed by atoms with Crippen molar-refractivity contribution in [2.75, 3.05) is 13.7 Å². The second-order valence-electron chi connectivity index (χ2n) is 6.00. The molecule has 1 N–H and O–H groups in total. The third kappa shape index (κ3) is 3.74. The molecule has 1 saturated carbocycles. The van der Waals surface area contributed by atoms with Crippen molar-refractivity contribution < 1.29 is 4.74 Å². The minimum atomic E-state index is 0.107. The molecule has 0 spiro atoms. The summed E-state index contributed by atoms with van der Waals surface area (Å²) in [6.45, 7) is 10.1. The van der Waals surface area contributed by atoms with Gasteiger partial charge < -0.3 is 10.1 Å². The Morgan fingerprint density at radius 3 is 2.12 bits per heavy atom. The summed E-state index contributed by atoms with van der Waals surface area (Å²) < 4.78 is 5.79. The molecule has 2 heteroatoms. The van der Waals surface area contributed by atoms with Gasteiger partial charge in [0.25, 0.3) is 0 Å². The van der Waals surface area contributed by atoms with E-state index in [2.05, 4.69) is 33.0 Å². The fourth-order valence-corrected chi connectivity index (χ4v) is 2.68. The average molecular weight is 227 g/mol. The lowest BCUT2D eigenvalue weighted by molar-refractivity contribution is -0.0524. The SMILES string of the molecule is COC1(CNC(C)C)CCC(C(C)C)CC1. The molecule has 0 heterocycles. The summed E-state index contributed by atoms with van der Waals surface area (Å²) in [5, 5.41) is 3.53. The van der Waals surface area contributed by atoms with Crippen molar-refractivity contribution >= 4 is 0 Å². The summed E-state index contributed by atoms with van der Waals surface area (Å²) in [6, 6.07) is 0.551. The van der Waals surface area contributed by atoms with Gasteiger partial charge in [-0.05, 0) is 37.5 Å². The van der Waals surface area contributed by atoms with Crippen LogP contribution in [0.1, 0.15) is 53.4 Å². The maximum atomic E-state index is 5.79. The van der Waals surface area contributed by atoms with Crippen molar-refractivity contribution in [3.05, 3.63) is 0 Å². The zero-order valence-corrected chi connectivity index (χ0v) is 11.7. The molecule has 16 heavy (non-hydrogen) atoms. The first-order valence-electron chi connectivity index (χ1n) is 6.77. The Balaban J connectivity index is 2.45. The van der Waals surface area contributed by atoms with Crippen LogP contribution in [0, 0.1) is 11.8 Å². The Bertz CT molecular complexity index is 193. The van der Waals surface area contributed by atoms with Gasteiger partial charge in [0.1, 0.15) is 0 Å². The Morgan fingerprint density at radius 2 is 1.75 bits per heavy atom. The van der Waals surface area contributed by atoms with Crippen LogP contribution in [-0.4, -0.2) is 25.3 Å². The number of hydrogen-bond acceptors (Lipinski definition) is 2. The molecule has 96 valence electrons. The molecule has 0 saturated heterocycles. The van der Waals surface area contributed by atoms with Gasteiger partial charge in [-0.25, -0.2) is 0 Å². The fraction of sp³-hybridized carbons (Fsp3) is 1.00. The smallest absolute Gasteiger partial charge is 0.0802 e. The highest BCUT2D eigenvalue weighted by Crippen LogP contribution is 2.37. The summed E-state index contributed by atoms with van der Waals surface area (Å²) in [4.78, 5) is 0. The quantitative estimate of drug-likeness (QED) is 0.778. The first kappa shape index (κ1) is 14.0. The highest BCUT2D eigenvalue weighted by Gasteiger charge is 2.35. The third-order valence-corrected chi connectivity index (χ3v) is 4.15. The van der Waals surface area contributed by atoms with E-state index in [-0.39, 0.29) is 5.60 Å². The van der Waals surface area contributed by atoms with Crippen molar-refractivity contribution in [1.29, 1.82) is 0 Å². The Kier molecular flexibility index (Phi) is 5.26. The van der Waals surface area contributed by atoms with Crippen LogP contribution >= 0.6 is 0 Å². The standard InChI is InChI=1S/C14H29NO/c1-11(2)13-6-8-14(16-5,9-7-13)10-15-12(3)4/h11-13,15H,6-10H2,1-5H3. The molecule has 0 atom stereocenters. The molecule has 1 aliphatic rings. The van der Waals surface area contributed by atoms with Crippen LogP contribution in [0.4, 0.5) is 0 Å². The molecule has 0 radical (unpaired) electrons. The zero-order chi connectivity index (χ0) is 12.2. The highest BCUT2D eigenvalue weighted by molar-refractivity contribution is 4.90. The Hall–Kier alpha value is -0.0800. The van der Waals surface area contributed by atoms with E-state index < -0.39 is 0 Å². The van der Waals surface area contributed by atoms with E-state index in [0.717, 1.165) is 18.4 Å². The van der Waals surface area contributed by atoms with E-state index in [1.807, 2.05) is 7.11 Å². The second-order valence-corrected chi connectivity index (χ2v) is 6.00. The van der Waals surface area contributed by atoms with Crippen LogP contribution in [0.25, 0.3) is 0 Å². The van der Waals surface area contributed by atoms with E-state index in [0.29, 0.717) is 6.04 Å². The molecule has 1 rings (SSSR count). The molecule has 1 aliphatic carbocycles.